The summed E-state index contributed by atoms with van der Waals surface area (Å²) in [6.45, 7) is 0. The summed E-state index contributed by atoms with van der Waals surface area (Å²) in [6, 6.07) is 3.67. The van der Waals surface area contributed by atoms with E-state index in [1.165, 1.54) is 6.33 Å². The maximum Gasteiger partial charge on any atom is 0.186 e. The molecule has 5 heteroatoms. The molecule has 0 spiro atoms. The number of imidazole rings is 1. The predicted octanol–water partition coefficient (Wildman–Crippen LogP) is 1.10. The first-order valence-corrected chi connectivity index (χ1v) is 3.48. The topological polar surface area (TPSA) is 67.6 Å². The van der Waals surface area contributed by atoms with Crippen LogP contribution in [0.4, 0.5) is 0 Å². The van der Waals surface area contributed by atoms with Crippen LogP contribution >= 0.6 is 0 Å². The van der Waals surface area contributed by atoms with Crippen LogP contribution in [0.3, 0.4) is 0 Å². The Morgan fingerprint density at radius 2 is 2.17 bits per heavy atom. The van der Waals surface area contributed by atoms with Crippen LogP contribution in [-0.4, -0.2) is 20.3 Å². The van der Waals surface area contributed by atoms with Crippen LogP contribution < -0.4 is 0 Å². The minimum Gasteiger partial charge on any atom is -0.363 e. The quantitative estimate of drug-likeness (QED) is 0.534. The van der Waals surface area contributed by atoms with Crippen LogP contribution in [0.15, 0.2) is 23.0 Å². The Kier molecular flexibility index (Phi) is 0.864. The molecule has 0 aliphatic heterocycles. The summed E-state index contributed by atoms with van der Waals surface area (Å²) in [5.41, 5.74) is 3.04. The predicted molar refractivity (Wildman–Crippen MR) is 41.5 cm³/mol. The van der Waals surface area contributed by atoms with E-state index in [0.717, 1.165) is 16.6 Å². The van der Waals surface area contributed by atoms with E-state index < -0.39 is 0 Å². The molecule has 0 bridgehead atoms. The third kappa shape index (κ3) is 0.554. The van der Waals surface area contributed by atoms with E-state index in [1.807, 2.05) is 12.1 Å². The molecule has 3 aromatic rings. The fraction of sp³-hybridized carbons (Fsp3) is 0. The minimum absolute atomic E-state index is 0.697. The Hall–Kier alpha value is -1.91. The Bertz CT molecular complexity index is 489. The Morgan fingerprint density at radius 1 is 1.17 bits per heavy atom. The summed E-state index contributed by atoms with van der Waals surface area (Å²) in [5.74, 6) is 0. The smallest absolute Gasteiger partial charge is 0.186 e. The lowest BCUT2D eigenvalue weighted by Gasteiger charge is -1.84. The molecule has 0 unspecified atom stereocenters. The minimum atomic E-state index is 0.697. The zero-order valence-electron chi connectivity index (χ0n) is 5.98. The lowest BCUT2D eigenvalue weighted by Crippen LogP contribution is -1.72. The van der Waals surface area contributed by atoms with Crippen LogP contribution in [0.5, 0.6) is 0 Å². The molecular formula is C7H4N4O. The summed E-state index contributed by atoms with van der Waals surface area (Å²) in [6.07, 6.45) is 1.51. The number of benzene rings is 1. The van der Waals surface area contributed by atoms with Gasteiger partial charge in [-0.1, -0.05) is 0 Å². The maximum absolute atomic E-state index is 4.99. The zero-order chi connectivity index (χ0) is 7.97. The van der Waals surface area contributed by atoms with Gasteiger partial charge in [-0.15, -0.1) is 10.4 Å². The van der Waals surface area contributed by atoms with Gasteiger partial charge in [0.2, 0.25) is 0 Å². The molecule has 0 saturated heterocycles. The first-order chi connectivity index (χ1) is 5.95. The van der Waals surface area contributed by atoms with Crippen molar-refractivity contribution in [2.75, 3.05) is 0 Å². The number of aromatic nitrogens is 4. The molecule has 0 amide bonds. The number of aromatic amines is 1. The van der Waals surface area contributed by atoms with Crippen molar-refractivity contribution in [2.45, 2.75) is 0 Å². The number of rotatable bonds is 0. The van der Waals surface area contributed by atoms with E-state index >= 15 is 0 Å². The van der Waals surface area contributed by atoms with Crippen LogP contribution in [0.25, 0.3) is 22.1 Å². The second-order valence-corrected chi connectivity index (χ2v) is 2.46. The third-order valence-corrected chi connectivity index (χ3v) is 1.79. The molecule has 0 aliphatic rings. The van der Waals surface area contributed by atoms with Gasteiger partial charge < -0.3 is 4.52 Å². The molecule has 1 N–H and O–H groups in total. The number of hydrogen-bond donors (Lipinski definition) is 1. The van der Waals surface area contributed by atoms with Crippen molar-refractivity contribution in [2.24, 2.45) is 0 Å². The summed E-state index contributed by atoms with van der Waals surface area (Å²) in [5, 5.41) is 6.35. The fourth-order valence-electron chi connectivity index (χ4n) is 1.24. The molecule has 12 heavy (non-hydrogen) atoms. The van der Waals surface area contributed by atoms with Gasteiger partial charge in [0.1, 0.15) is 11.8 Å². The SMILES string of the molecule is c1nc2ccc3o[nH]nc3c2n1. The number of hydrogen-bond acceptors (Lipinski definition) is 4. The van der Waals surface area contributed by atoms with E-state index in [1.54, 1.807) is 0 Å². The second-order valence-electron chi connectivity index (χ2n) is 2.46. The van der Waals surface area contributed by atoms with Crippen LogP contribution in [0.1, 0.15) is 0 Å². The average Bonchev–Trinajstić information content (AvgIpc) is 2.71. The number of nitrogens with zero attached hydrogens (tertiary/aromatic N) is 3. The molecule has 58 valence electrons. The highest BCUT2D eigenvalue weighted by Gasteiger charge is 2.06. The Labute approximate surface area is 66.4 Å². The van der Waals surface area contributed by atoms with Gasteiger partial charge in [0, 0.05) is 0 Å². The Balaban J connectivity index is 2.71. The highest BCUT2D eigenvalue weighted by molar-refractivity contribution is 5.98. The monoisotopic (exact) mass is 160 g/mol. The number of nitrogens with one attached hydrogen (secondary N) is 1. The first kappa shape index (κ1) is 5.70. The van der Waals surface area contributed by atoms with Crippen molar-refractivity contribution in [3.63, 3.8) is 0 Å². The molecule has 0 atom stereocenters. The average molecular weight is 160 g/mol. The van der Waals surface area contributed by atoms with Crippen LogP contribution in [-0.2, 0) is 0 Å². The third-order valence-electron chi connectivity index (χ3n) is 1.79. The molecule has 2 heterocycles. The van der Waals surface area contributed by atoms with E-state index in [4.69, 9.17) is 4.52 Å². The van der Waals surface area contributed by atoms with E-state index in [2.05, 4.69) is 20.3 Å². The van der Waals surface area contributed by atoms with Crippen LogP contribution in [0, 0.1) is 0 Å². The lowest BCUT2D eigenvalue weighted by atomic mass is 10.3. The summed E-state index contributed by atoms with van der Waals surface area (Å²) in [7, 11) is 0. The van der Waals surface area contributed by atoms with Crippen LogP contribution in [0.2, 0.25) is 0 Å². The molecule has 2 aromatic heterocycles. The molecule has 0 aliphatic carbocycles. The first-order valence-electron chi connectivity index (χ1n) is 3.48. The summed E-state index contributed by atoms with van der Waals surface area (Å²) >= 11 is 0. The van der Waals surface area contributed by atoms with Gasteiger partial charge in [-0.3, -0.25) is 0 Å². The summed E-state index contributed by atoms with van der Waals surface area (Å²) in [4.78, 5) is 8.11. The number of H-pyrrole nitrogens is 1. The van der Waals surface area contributed by atoms with E-state index in [-0.39, 0.29) is 0 Å². The molecule has 0 saturated carbocycles. The normalized spacial score (nSPS) is 11.3. The van der Waals surface area contributed by atoms with Gasteiger partial charge in [0.15, 0.2) is 11.1 Å². The van der Waals surface area contributed by atoms with Crippen molar-refractivity contribution in [3.8, 4) is 0 Å². The fourth-order valence-corrected chi connectivity index (χ4v) is 1.24. The van der Waals surface area contributed by atoms with Gasteiger partial charge in [-0.25, -0.2) is 9.97 Å². The molecule has 5 nitrogen and oxygen atoms in total. The van der Waals surface area contributed by atoms with Gasteiger partial charge in [-0.2, -0.15) is 0 Å². The van der Waals surface area contributed by atoms with Crippen molar-refractivity contribution in [1.82, 2.24) is 20.3 Å². The van der Waals surface area contributed by atoms with Gasteiger partial charge in [0.25, 0.3) is 0 Å². The second kappa shape index (κ2) is 1.82. The molecule has 0 radical (unpaired) electrons. The van der Waals surface area contributed by atoms with E-state index in [9.17, 15) is 0 Å². The Morgan fingerprint density at radius 3 is 3.17 bits per heavy atom. The zero-order valence-corrected chi connectivity index (χ0v) is 5.98. The molecule has 1 aromatic carbocycles. The van der Waals surface area contributed by atoms with Gasteiger partial charge in [0.05, 0.1) is 5.52 Å². The standard InChI is InChI=1S/C7H4N4O/c1-2-5-7(10-11-12-5)6-4(1)8-3-9-6/h1-3,11H. The van der Waals surface area contributed by atoms with Crippen molar-refractivity contribution in [1.29, 1.82) is 0 Å². The van der Waals surface area contributed by atoms with Gasteiger partial charge >= 0.3 is 0 Å². The molecular weight excluding hydrogens is 156 g/mol. The van der Waals surface area contributed by atoms with Crippen molar-refractivity contribution < 1.29 is 4.52 Å². The molecule has 0 fully saturated rings. The van der Waals surface area contributed by atoms with Crippen molar-refractivity contribution >= 4 is 22.1 Å². The lowest BCUT2D eigenvalue weighted by molar-refractivity contribution is 0.424. The summed E-state index contributed by atoms with van der Waals surface area (Å²) < 4.78 is 4.99. The highest BCUT2D eigenvalue weighted by Crippen LogP contribution is 2.19. The largest absolute Gasteiger partial charge is 0.363 e. The van der Waals surface area contributed by atoms with Gasteiger partial charge in [-0.05, 0) is 12.1 Å². The highest BCUT2D eigenvalue weighted by atomic mass is 16.5. The van der Waals surface area contributed by atoms with E-state index in [0.29, 0.717) is 5.58 Å². The van der Waals surface area contributed by atoms with Crippen molar-refractivity contribution in [3.05, 3.63) is 18.5 Å². The maximum atomic E-state index is 4.99. The number of fused-ring (bicyclic) bond motifs is 3. The molecule has 3 rings (SSSR count).